The predicted molar refractivity (Wildman–Crippen MR) is 86.8 cm³/mol. The first kappa shape index (κ1) is 15.2. The highest BCUT2D eigenvalue weighted by molar-refractivity contribution is 6.07. The minimum atomic E-state index is -0.619. The molecule has 1 heterocycles. The third-order valence-corrected chi connectivity index (χ3v) is 6.35. The van der Waals surface area contributed by atoms with Crippen molar-refractivity contribution in [3.05, 3.63) is 46.0 Å². The summed E-state index contributed by atoms with van der Waals surface area (Å²) in [7, 11) is 0. The maximum atomic E-state index is 12.8. The lowest BCUT2D eigenvalue weighted by molar-refractivity contribution is -0.385. The Bertz CT molecular complexity index is 899. The van der Waals surface area contributed by atoms with Crippen LogP contribution in [0.2, 0.25) is 0 Å². The minimum Gasteiger partial charge on any atom is -0.872 e. The summed E-state index contributed by atoms with van der Waals surface area (Å²) >= 11 is 0. The lowest BCUT2D eigenvalue weighted by Crippen LogP contribution is -2.30. The SMILES string of the molecule is O=C1[C@@H]2[C@H](C(=O)N1/N=C\c1cc([N+](=O)[O-])ccc1[O-])[C@H]1C=C[C@@H]2C12CC2. The molecule has 0 radical (unpaired) electrons. The molecule has 26 heavy (non-hydrogen) atoms. The Morgan fingerprint density at radius 2 is 1.77 bits per heavy atom. The number of carbonyl (C=O) groups is 2. The Labute approximate surface area is 147 Å². The van der Waals surface area contributed by atoms with E-state index < -0.39 is 10.7 Å². The Balaban J connectivity index is 1.44. The van der Waals surface area contributed by atoms with Crippen LogP contribution >= 0.6 is 0 Å². The van der Waals surface area contributed by atoms with Crippen LogP contribution in [-0.4, -0.2) is 28.0 Å². The van der Waals surface area contributed by atoms with E-state index in [1.165, 1.54) is 0 Å². The van der Waals surface area contributed by atoms with Crippen molar-refractivity contribution < 1.29 is 19.6 Å². The minimum absolute atomic E-state index is 0.0309. The molecule has 3 fully saturated rings. The van der Waals surface area contributed by atoms with Crippen LogP contribution in [-0.2, 0) is 9.59 Å². The third-order valence-electron chi connectivity index (χ3n) is 6.35. The number of hydrogen-bond donors (Lipinski definition) is 0. The van der Waals surface area contributed by atoms with Gasteiger partial charge in [-0.1, -0.05) is 24.0 Å². The van der Waals surface area contributed by atoms with E-state index in [1.807, 2.05) is 0 Å². The standard InChI is InChI=1S/C18H15N3O5/c22-13-4-1-10(21(25)26)7-9(13)8-19-20-16(23)14-11-2-3-12(15(14)17(20)24)18(11)5-6-18/h1-4,7-8,11-12,14-15,22H,5-6H2/p-1/b19-8-/t11-,12+,14-,15+. The lowest BCUT2D eigenvalue weighted by Gasteiger charge is -2.18. The molecular weight excluding hydrogens is 338 g/mol. The Kier molecular flexibility index (Phi) is 2.80. The third kappa shape index (κ3) is 1.76. The average molecular weight is 352 g/mol. The zero-order valence-electron chi connectivity index (χ0n) is 13.6. The molecule has 3 aliphatic carbocycles. The quantitative estimate of drug-likeness (QED) is 0.266. The summed E-state index contributed by atoms with van der Waals surface area (Å²) in [5, 5.41) is 27.5. The van der Waals surface area contributed by atoms with Crippen LogP contribution in [0.4, 0.5) is 5.69 Å². The molecule has 132 valence electrons. The van der Waals surface area contributed by atoms with Gasteiger partial charge in [-0.2, -0.15) is 10.1 Å². The molecule has 0 aromatic heterocycles. The van der Waals surface area contributed by atoms with Gasteiger partial charge in [0.15, 0.2) is 0 Å². The average Bonchev–Trinajstić information content (AvgIpc) is 3.21. The molecule has 2 amide bonds. The monoisotopic (exact) mass is 352 g/mol. The molecule has 4 atom stereocenters. The largest absolute Gasteiger partial charge is 0.872 e. The van der Waals surface area contributed by atoms with Crippen molar-refractivity contribution in [1.29, 1.82) is 0 Å². The van der Waals surface area contributed by atoms with Gasteiger partial charge in [0.1, 0.15) is 0 Å². The molecule has 1 spiro atoms. The van der Waals surface area contributed by atoms with Crippen molar-refractivity contribution in [2.75, 3.05) is 0 Å². The number of rotatable bonds is 3. The molecule has 1 saturated heterocycles. The van der Waals surface area contributed by atoms with Gasteiger partial charge >= 0.3 is 0 Å². The van der Waals surface area contributed by atoms with Gasteiger partial charge in [-0.05, 0) is 35.7 Å². The second-order valence-corrected chi connectivity index (χ2v) is 7.43. The van der Waals surface area contributed by atoms with E-state index in [9.17, 15) is 24.8 Å². The molecule has 1 aromatic carbocycles. The van der Waals surface area contributed by atoms with Crippen LogP contribution in [0.1, 0.15) is 18.4 Å². The number of benzene rings is 1. The number of hydrazone groups is 1. The van der Waals surface area contributed by atoms with E-state index in [2.05, 4.69) is 17.3 Å². The summed E-state index contributed by atoms with van der Waals surface area (Å²) in [5.41, 5.74) is -0.171. The number of fused-ring (bicyclic) bond motifs is 3. The maximum absolute atomic E-state index is 12.8. The molecule has 5 rings (SSSR count). The number of imide groups is 1. The van der Waals surface area contributed by atoms with Gasteiger partial charge in [0.2, 0.25) is 0 Å². The molecule has 2 bridgehead atoms. The van der Waals surface area contributed by atoms with E-state index in [-0.39, 0.29) is 52.2 Å². The Hall–Kier alpha value is -3.03. The van der Waals surface area contributed by atoms with E-state index in [1.54, 1.807) is 0 Å². The van der Waals surface area contributed by atoms with Gasteiger partial charge in [0, 0.05) is 12.1 Å². The molecule has 1 aromatic rings. The second kappa shape index (κ2) is 4.78. The fourth-order valence-electron chi connectivity index (χ4n) is 5.05. The molecule has 2 saturated carbocycles. The summed E-state index contributed by atoms with van der Waals surface area (Å²) in [6.45, 7) is 0. The normalized spacial score (nSPS) is 32.8. The number of nitro benzene ring substituents is 1. The van der Waals surface area contributed by atoms with Gasteiger partial charge in [-0.3, -0.25) is 19.7 Å². The number of nitro groups is 1. The van der Waals surface area contributed by atoms with E-state index >= 15 is 0 Å². The van der Waals surface area contributed by atoms with E-state index in [4.69, 9.17) is 0 Å². The smallest absolute Gasteiger partial charge is 0.270 e. The lowest BCUT2D eigenvalue weighted by atomic mass is 9.85. The number of non-ortho nitro benzene ring substituents is 1. The maximum Gasteiger partial charge on any atom is 0.270 e. The highest BCUT2D eigenvalue weighted by atomic mass is 16.6. The number of nitrogens with zero attached hydrogens (tertiary/aromatic N) is 3. The fraction of sp³-hybridized carbons (Fsp3) is 0.389. The van der Waals surface area contributed by atoms with Gasteiger partial charge < -0.3 is 5.11 Å². The topological polar surface area (TPSA) is 116 Å². The van der Waals surface area contributed by atoms with Crippen molar-refractivity contribution in [3.8, 4) is 5.75 Å². The van der Waals surface area contributed by atoms with Crippen LogP contribution in [0, 0.1) is 39.2 Å². The van der Waals surface area contributed by atoms with Crippen LogP contribution < -0.4 is 5.11 Å². The highest BCUT2D eigenvalue weighted by Crippen LogP contribution is 2.73. The molecule has 1 aliphatic heterocycles. The van der Waals surface area contributed by atoms with Crippen LogP contribution in [0.25, 0.3) is 0 Å². The van der Waals surface area contributed by atoms with Gasteiger partial charge in [-0.15, -0.1) is 0 Å². The first-order valence-electron chi connectivity index (χ1n) is 8.50. The Morgan fingerprint density at radius 3 is 2.31 bits per heavy atom. The second-order valence-electron chi connectivity index (χ2n) is 7.43. The summed E-state index contributed by atoms with van der Waals surface area (Å²) in [6.07, 6.45) is 7.30. The van der Waals surface area contributed by atoms with Crippen molar-refractivity contribution in [2.24, 2.45) is 34.2 Å². The van der Waals surface area contributed by atoms with Crippen molar-refractivity contribution in [3.63, 3.8) is 0 Å². The molecule has 0 unspecified atom stereocenters. The summed E-state index contributed by atoms with van der Waals surface area (Å²) < 4.78 is 0. The van der Waals surface area contributed by atoms with Gasteiger partial charge in [0.25, 0.3) is 17.5 Å². The van der Waals surface area contributed by atoms with Crippen LogP contribution in [0.5, 0.6) is 5.75 Å². The summed E-state index contributed by atoms with van der Waals surface area (Å²) in [4.78, 5) is 35.7. The number of amides is 2. The summed E-state index contributed by atoms with van der Waals surface area (Å²) in [6, 6.07) is 3.26. The molecular formula is C18H14N3O5-. The highest BCUT2D eigenvalue weighted by Gasteiger charge is 2.73. The zero-order valence-corrected chi connectivity index (χ0v) is 13.6. The fourth-order valence-corrected chi connectivity index (χ4v) is 5.05. The van der Waals surface area contributed by atoms with Gasteiger partial charge in [0.05, 0.1) is 23.0 Å². The van der Waals surface area contributed by atoms with Crippen LogP contribution in [0.15, 0.2) is 35.5 Å². The van der Waals surface area contributed by atoms with E-state index in [0.29, 0.717) is 0 Å². The van der Waals surface area contributed by atoms with Crippen LogP contribution in [0.3, 0.4) is 0 Å². The summed E-state index contributed by atoms with van der Waals surface area (Å²) in [5.74, 6) is -1.67. The van der Waals surface area contributed by atoms with Gasteiger partial charge in [-0.25, -0.2) is 0 Å². The zero-order chi connectivity index (χ0) is 18.2. The molecule has 8 heteroatoms. The first-order valence-corrected chi connectivity index (χ1v) is 8.50. The predicted octanol–water partition coefficient (Wildman–Crippen LogP) is 1.20. The van der Waals surface area contributed by atoms with Crippen molar-refractivity contribution in [2.45, 2.75) is 12.8 Å². The number of carbonyl (C=O) groups excluding carboxylic acids is 2. The molecule has 8 nitrogen and oxygen atoms in total. The molecule has 4 aliphatic rings. The van der Waals surface area contributed by atoms with Crippen molar-refractivity contribution >= 4 is 23.7 Å². The molecule has 0 N–H and O–H groups in total. The van der Waals surface area contributed by atoms with E-state index in [0.717, 1.165) is 42.3 Å². The first-order chi connectivity index (χ1) is 12.4. The van der Waals surface area contributed by atoms with Crippen molar-refractivity contribution in [1.82, 2.24) is 5.01 Å². The Morgan fingerprint density at radius 1 is 1.15 bits per heavy atom. The number of hydrogen-bond acceptors (Lipinski definition) is 6. The number of allylic oxidation sites excluding steroid dienone is 2.